The van der Waals surface area contributed by atoms with E-state index in [1.165, 1.54) is 6.42 Å². The number of anilines is 1. The maximum atomic E-state index is 13.0. The third-order valence-electron chi connectivity index (χ3n) is 6.00. The molecule has 1 aliphatic heterocycles. The second-order valence-electron chi connectivity index (χ2n) is 7.36. The first-order valence-electron chi connectivity index (χ1n) is 9.62. The van der Waals surface area contributed by atoms with E-state index in [4.69, 9.17) is 11.6 Å². The predicted molar refractivity (Wildman–Crippen MR) is 105 cm³/mol. The average Bonchev–Trinajstić information content (AvgIpc) is 3.08. The first kappa shape index (κ1) is 19.2. The molecular formula is C20H28ClN3O2. The van der Waals surface area contributed by atoms with Crippen LogP contribution in [-0.2, 0) is 4.79 Å². The third-order valence-corrected chi connectivity index (χ3v) is 6.31. The number of hydrogen-bond donors (Lipinski definition) is 2. The molecule has 2 fully saturated rings. The Balaban J connectivity index is 1.75. The molecule has 1 aromatic rings. The van der Waals surface area contributed by atoms with Crippen molar-refractivity contribution in [1.82, 2.24) is 10.2 Å². The molecular weight excluding hydrogens is 350 g/mol. The first-order chi connectivity index (χ1) is 12.5. The van der Waals surface area contributed by atoms with E-state index >= 15 is 0 Å². The largest absolute Gasteiger partial charge is 0.339 e. The Morgan fingerprint density at radius 1 is 1.31 bits per heavy atom. The lowest BCUT2D eigenvalue weighted by Gasteiger charge is -2.37. The molecule has 1 saturated carbocycles. The Bertz CT molecular complexity index is 690. The van der Waals surface area contributed by atoms with Crippen molar-refractivity contribution in [2.24, 2.45) is 11.3 Å². The van der Waals surface area contributed by atoms with Crippen LogP contribution in [0.5, 0.6) is 0 Å². The minimum atomic E-state index is -0.305. The number of hydrogen-bond acceptors (Lipinski definition) is 3. The van der Waals surface area contributed by atoms with Crippen molar-refractivity contribution in [2.45, 2.75) is 39.5 Å². The number of rotatable bonds is 5. The fourth-order valence-corrected chi connectivity index (χ4v) is 4.65. The third kappa shape index (κ3) is 3.47. The summed E-state index contributed by atoms with van der Waals surface area (Å²) in [6.07, 6.45) is 4.35. The lowest BCUT2D eigenvalue weighted by Crippen LogP contribution is -2.44. The van der Waals surface area contributed by atoms with Crippen LogP contribution in [0.3, 0.4) is 0 Å². The molecule has 142 valence electrons. The van der Waals surface area contributed by atoms with Crippen molar-refractivity contribution < 1.29 is 9.59 Å². The quantitative estimate of drug-likeness (QED) is 0.825. The normalized spacial score (nSPS) is 24.8. The molecule has 2 aliphatic rings. The molecule has 2 amide bonds. The van der Waals surface area contributed by atoms with Crippen LogP contribution >= 0.6 is 11.6 Å². The van der Waals surface area contributed by atoms with Gasteiger partial charge in [0.05, 0.1) is 16.0 Å². The van der Waals surface area contributed by atoms with Crippen LogP contribution in [-0.4, -0.2) is 42.9 Å². The van der Waals surface area contributed by atoms with Gasteiger partial charge >= 0.3 is 0 Å². The highest BCUT2D eigenvalue weighted by atomic mass is 35.5. The summed E-state index contributed by atoms with van der Waals surface area (Å²) in [4.78, 5) is 27.3. The smallest absolute Gasteiger partial charge is 0.255 e. The second kappa shape index (κ2) is 7.97. The number of amides is 2. The van der Waals surface area contributed by atoms with Crippen molar-refractivity contribution in [3.8, 4) is 0 Å². The zero-order chi connectivity index (χ0) is 18.7. The molecule has 3 rings (SSSR count). The molecule has 1 saturated heterocycles. The summed E-state index contributed by atoms with van der Waals surface area (Å²) in [5.74, 6) is 0.408. The molecule has 0 spiro atoms. The zero-order valence-electron chi connectivity index (χ0n) is 15.6. The summed E-state index contributed by atoms with van der Waals surface area (Å²) >= 11 is 6.35. The molecule has 0 radical (unpaired) electrons. The Labute approximate surface area is 160 Å². The van der Waals surface area contributed by atoms with E-state index in [9.17, 15) is 9.59 Å². The van der Waals surface area contributed by atoms with Crippen molar-refractivity contribution in [2.75, 3.05) is 31.5 Å². The number of nitrogens with zero attached hydrogens (tertiary/aromatic N) is 1. The number of nitrogens with one attached hydrogen (secondary N) is 2. The van der Waals surface area contributed by atoms with Crippen LogP contribution in [0.1, 0.15) is 49.9 Å². The number of fused-ring (bicyclic) bond motifs is 1. The summed E-state index contributed by atoms with van der Waals surface area (Å²) in [5, 5.41) is 6.82. The van der Waals surface area contributed by atoms with E-state index in [1.807, 2.05) is 13.8 Å². The lowest BCUT2D eigenvalue weighted by molar-refractivity contribution is -0.128. The van der Waals surface area contributed by atoms with Gasteiger partial charge in [-0.3, -0.25) is 9.59 Å². The number of benzene rings is 1. The lowest BCUT2D eigenvalue weighted by atomic mass is 9.67. The highest BCUT2D eigenvalue weighted by molar-refractivity contribution is 6.34. The van der Waals surface area contributed by atoms with Crippen LogP contribution < -0.4 is 10.6 Å². The summed E-state index contributed by atoms with van der Waals surface area (Å²) in [5.41, 5.74) is 0.826. The SMILES string of the molecule is CCN(CC)C(=O)c1ccc(NC(=O)[C@@]23CCCC[C@H]2CNC3)cc1Cl. The highest BCUT2D eigenvalue weighted by Gasteiger charge is 2.49. The van der Waals surface area contributed by atoms with Gasteiger partial charge in [-0.15, -0.1) is 0 Å². The molecule has 26 heavy (non-hydrogen) atoms. The Hall–Kier alpha value is -1.59. The van der Waals surface area contributed by atoms with Crippen molar-refractivity contribution in [3.05, 3.63) is 28.8 Å². The van der Waals surface area contributed by atoms with E-state index in [2.05, 4.69) is 10.6 Å². The Kier molecular flexibility index (Phi) is 5.88. The van der Waals surface area contributed by atoms with Gasteiger partial charge in [0.1, 0.15) is 0 Å². The Morgan fingerprint density at radius 3 is 2.77 bits per heavy atom. The number of carbonyl (C=O) groups excluding carboxylic acids is 2. The molecule has 0 unspecified atom stereocenters. The van der Waals surface area contributed by atoms with Crippen molar-refractivity contribution >= 4 is 29.1 Å². The van der Waals surface area contributed by atoms with Crippen molar-refractivity contribution in [3.63, 3.8) is 0 Å². The maximum Gasteiger partial charge on any atom is 0.255 e. The van der Waals surface area contributed by atoms with Gasteiger partial charge in [-0.05, 0) is 57.4 Å². The molecule has 2 N–H and O–H groups in total. The molecule has 1 aliphatic carbocycles. The standard InChI is InChI=1S/C20H28ClN3O2/c1-3-24(4-2)18(25)16-9-8-15(11-17(16)21)23-19(26)20-10-6-5-7-14(20)12-22-13-20/h8-9,11,14,22H,3-7,10,12-13H2,1-2H3,(H,23,26)/t14-,20+/m0/s1. The molecule has 5 nitrogen and oxygen atoms in total. The van der Waals surface area contributed by atoms with Gasteiger partial charge in [-0.1, -0.05) is 24.4 Å². The number of halogens is 1. The minimum Gasteiger partial charge on any atom is -0.339 e. The highest BCUT2D eigenvalue weighted by Crippen LogP contribution is 2.44. The minimum absolute atomic E-state index is 0.0751. The van der Waals surface area contributed by atoms with Gasteiger partial charge < -0.3 is 15.5 Å². The molecule has 6 heteroatoms. The number of carbonyl (C=O) groups is 2. The van der Waals surface area contributed by atoms with Gasteiger partial charge in [0.15, 0.2) is 0 Å². The van der Waals surface area contributed by atoms with Crippen LogP contribution in [0.2, 0.25) is 5.02 Å². The fourth-order valence-electron chi connectivity index (χ4n) is 4.39. The summed E-state index contributed by atoms with van der Waals surface area (Å²) in [7, 11) is 0. The predicted octanol–water partition coefficient (Wildman–Crippen LogP) is 3.54. The van der Waals surface area contributed by atoms with Gasteiger partial charge in [0.2, 0.25) is 5.91 Å². The fraction of sp³-hybridized carbons (Fsp3) is 0.600. The molecule has 0 aromatic heterocycles. The Morgan fingerprint density at radius 2 is 2.08 bits per heavy atom. The first-order valence-corrected chi connectivity index (χ1v) is 10.0. The van der Waals surface area contributed by atoms with Gasteiger partial charge in [-0.2, -0.15) is 0 Å². The van der Waals surface area contributed by atoms with Gasteiger partial charge in [-0.25, -0.2) is 0 Å². The summed E-state index contributed by atoms with van der Waals surface area (Å²) in [6, 6.07) is 5.17. The molecule has 0 bridgehead atoms. The van der Waals surface area contributed by atoms with E-state index in [0.29, 0.717) is 35.3 Å². The van der Waals surface area contributed by atoms with Gasteiger partial charge in [0, 0.05) is 25.3 Å². The average molecular weight is 378 g/mol. The van der Waals surface area contributed by atoms with Crippen molar-refractivity contribution in [1.29, 1.82) is 0 Å². The van der Waals surface area contributed by atoms with E-state index in [0.717, 1.165) is 32.4 Å². The second-order valence-corrected chi connectivity index (χ2v) is 7.76. The monoisotopic (exact) mass is 377 g/mol. The summed E-state index contributed by atoms with van der Waals surface area (Å²) in [6.45, 7) is 6.84. The van der Waals surface area contributed by atoms with Crippen LogP contribution in [0.4, 0.5) is 5.69 Å². The van der Waals surface area contributed by atoms with E-state index in [-0.39, 0.29) is 17.2 Å². The topological polar surface area (TPSA) is 61.4 Å². The van der Waals surface area contributed by atoms with E-state index < -0.39 is 0 Å². The zero-order valence-corrected chi connectivity index (χ0v) is 16.4. The van der Waals surface area contributed by atoms with Gasteiger partial charge in [0.25, 0.3) is 5.91 Å². The molecule has 1 aromatic carbocycles. The van der Waals surface area contributed by atoms with E-state index in [1.54, 1.807) is 23.1 Å². The van der Waals surface area contributed by atoms with Crippen LogP contribution in [0.15, 0.2) is 18.2 Å². The molecule has 1 heterocycles. The van der Waals surface area contributed by atoms with Crippen LogP contribution in [0, 0.1) is 11.3 Å². The maximum absolute atomic E-state index is 13.0. The summed E-state index contributed by atoms with van der Waals surface area (Å²) < 4.78 is 0. The van der Waals surface area contributed by atoms with Crippen LogP contribution in [0.25, 0.3) is 0 Å². The molecule has 2 atom stereocenters.